The summed E-state index contributed by atoms with van der Waals surface area (Å²) in [4.78, 5) is 11.9. The minimum atomic E-state index is 0.393. The Morgan fingerprint density at radius 2 is 2.21 bits per heavy atom. The number of benzene rings is 1. The Morgan fingerprint density at radius 3 is 2.92 bits per heavy atom. The molecule has 5 nitrogen and oxygen atoms in total. The van der Waals surface area contributed by atoms with Crippen molar-refractivity contribution < 1.29 is 0 Å². The number of piperidine rings is 1. The molecule has 3 N–H and O–H groups in total. The second kappa shape index (κ2) is 7.78. The van der Waals surface area contributed by atoms with Crippen molar-refractivity contribution in [1.82, 2.24) is 15.3 Å². The minimum Gasteiger partial charge on any atom is -0.381 e. The number of anilines is 2. The normalized spacial score (nSPS) is 17.7. The van der Waals surface area contributed by atoms with Crippen molar-refractivity contribution in [2.45, 2.75) is 28.8 Å². The number of aromatic nitrogens is 2. The van der Waals surface area contributed by atoms with E-state index in [-0.39, 0.29) is 0 Å². The summed E-state index contributed by atoms with van der Waals surface area (Å²) in [5.74, 6) is 1.17. The van der Waals surface area contributed by atoms with Crippen molar-refractivity contribution in [3.63, 3.8) is 0 Å². The van der Waals surface area contributed by atoms with Crippen LogP contribution in [0.25, 0.3) is 0 Å². The fourth-order valence-corrected chi connectivity index (χ4v) is 3.93. The summed E-state index contributed by atoms with van der Waals surface area (Å²) >= 11 is 13.6. The monoisotopic (exact) mass is 383 g/mol. The van der Waals surface area contributed by atoms with Crippen molar-refractivity contribution >= 4 is 46.6 Å². The summed E-state index contributed by atoms with van der Waals surface area (Å²) < 4.78 is 0. The summed E-state index contributed by atoms with van der Waals surface area (Å²) in [6.07, 6.45) is 4.06. The molecule has 8 heteroatoms. The molecular formula is C16H19Cl2N5S. The van der Waals surface area contributed by atoms with Crippen LogP contribution in [0, 0.1) is 0 Å². The SMILES string of the molecule is CN(c1cnc(Sc2cccc(Cl)c2Cl)c(N)n1)C1CCCNC1. The second-order valence-electron chi connectivity index (χ2n) is 5.68. The molecule has 0 aliphatic carbocycles. The van der Waals surface area contributed by atoms with Crippen LogP contribution in [0.1, 0.15) is 12.8 Å². The number of halogens is 2. The molecule has 0 amide bonds. The van der Waals surface area contributed by atoms with E-state index >= 15 is 0 Å². The molecule has 0 spiro atoms. The third-order valence-electron chi connectivity index (χ3n) is 4.05. The largest absolute Gasteiger partial charge is 0.381 e. The third kappa shape index (κ3) is 3.88. The highest BCUT2D eigenvalue weighted by Crippen LogP contribution is 2.38. The average Bonchev–Trinajstić information content (AvgIpc) is 2.60. The highest BCUT2D eigenvalue weighted by molar-refractivity contribution is 7.99. The Hall–Kier alpha value is -1.21. The third-order valence-corrected chi connectivity index (χ3v) is 6.05. The molecule has 24 heavy (non-hydrogen) atoms. The number of nitrogen functional groups attached to an aromatic ring is 1. The molecule has 0 bridgehead atoms. The van der Waals surface area contributed by atoms with Crippen molar-refractivity contribution in [2.24, 2.45) is 0 Å². The highest BCUT2D eigenvalue weighted by atomic mass is 35.5. The number of nitrogens with zero attached hydrogens (tertiary/aromatic N) is 3. The number of hydrogen-bond acceptors (Lipinski definition) is 6. The van der Waals surface area contributed by atoms with Gasteiger partial charge in [-0.15, -0.1) is 0 Å². The maximum atomic E-state index is 6.22. The van der Waals surface area contributed by atoms with Gasteiger partial charge < -0.3 is 16.0 Å². The Kier molecular flexibility index (Phi) is 5.71. The Morgan fingerprint density at radius 1 is 1.38 bits per heavy atom. The van der Waals surface area contributed by atoms with E-state index in [4.69, 9.17) is 28.9 Å². The lowest BCUT2D eigenvalue weighted by atomic mass is 10.1. The molecule has 128 valence electrons. The molecule has 1 aliphatic rings. The standard InChI is InChI=1S/C16H19Cl2N5S/c1-23(10-4-3-7-20-8-10)13-9-21-16(15(19)22-13)24-12-6-2-5-11(17)14(12)18/h2,5-6,9-10,20H,3-4,7-8H2,1H3,(H2,19,22). The van der Waals surface area contributed by atoms with Gasteiger partial charge in [-0.1, -0.05) is 41.0 Å². The molecule has 0 saturated carbocycles. The van der Waals surface area contributed by atoms with Crippen LogP contribution in [0.5, 0.6) is 0 Å². The lowest BCUT2D eigenvalue weighted by Gasteiger charge is -2.32. The van der Waals surface area contributed by atoms with E-state index in [1.807, 2.05) is 19.2 Å². The summed E-state index contributed by atoms with van der Waals surface area (Å²) in [5, 5.41) is 5.04. The van der Waals surface area contributed by atoms with Crippen LogP contribution in [-0.4, -0.2) is 36.1 Å². The number of likely N-dealkylation sites (N-methyl/N-ethyl adjacent to an activating group) is 1. The van der Waals surface area contributed by atoms with Crippen LogP contribution in [0.4, 0.5) is 11.6 Å². The zero-order valence-electron chi connectivity index (χ0n) is 13.3. The van der Waals surface area contributed by atoms with Gasteiger partial charge in [0.1, 0.15) is 10.8 Å². The van der Waals surface area contributed by atoms with Gasteiger partial charge in [0.2, 0.25) is 0 Å². The maximum absolute atomic E-state index is 6.22. The van der Waals surface area contributed by atoms with Gasteiger partial charge in [-0.25, -0.2) is 9.97 Å². The quantitative estimate of drug-likeness (QED) is 0.838. The summed E-state index contributed by atoms with van der Waals surface area (Å²) in [6.45, 7) is 2.03. The summed E-state index contributed by atoms with van der Waals surface area (Å²) in [6, 6.07) is 5.89. The smallest absolute Gasteiger partial charge is 0.158 e. The van der Waals surface area contributed by atoms with E-state index in [0.717, 1.165) is 30.2 Å². The van der Waals surface area contributed by atoms with E-state index < -0.39 is 0 Å². The van der Waals surface area contributed by atoms with Crippen molar-refractivity contribution in [1.29, 1.82) is 0 Å². The Bertz CT molecular complexity index is 722. The second-order valence-corrected chi connectivity index (χ2v) is 7.50. The van der Waals surface area contributed by atoms with Crippen molar-refractivity contribution in [2.75, 3.05) is 30.8 Å². The fourth-order valence-electron chi connectivity index (χ4n) is 2.65. The summed E-state index contributed by atoms with van der Waals surface area (Å²) in [7, 11) is 2.03. The molecule has 1 unspecified atom stereocenters. The number of nitrogens with two attached hydrogens (primary N) is 1. The van der Waals surface area contributed by atoms with Crippen molar-refractivity contribution in [3.8, 4) is 0 Å². The van der Waals surface area contributed by atoms with Crippen LogP contribution < -0.4 is 16.0 Å². The zero-order chi connectivity index (χ0) is 17.1. The molecule has 1 fully saturated rings. The molecule has 1 aromatic heterocycles. The van der Waals surface area contributed by atoms with Crippen LogP contribution >= 0.6 is 35.0 Å². The molecule has 1 atom stereocenters. The van der Waals surface area contributed by atoms with Gasteiger partial charge >= 0.3 is 0 Å². The van der Waals surface area contributed by atoms with E-state index in [9.17, 15) is 0 Å². The van der Waals surface area contributed by atoms with Gasteiger partial charge in [0.15, 0.2) is 5.82 Å². The van der Waals surface area contributed by atoms with E-state index in [0.29, 0.717) is 26.9 Å². The van der Waals surface area contributed by atoms with Crippen molar-refractivity contribution in [3.05, 3.63) is 34.4 Å². The number of nitrogens with one attached hydrogen (secondary N) is 1. The molecule has 2 heterocycles. The van der Waals surface area contributed by atoms with Gasteiger partial charge in [-0.2, -0.15) is 0 Å². The van der Waals surface area contributed by atoms with E-state index in [2.05, 4.69) is 20.2 Å². The Balaban J connectivity index is 1.78. The molecule has 2 aromatic rings. The first-order valence-corrected chi connectivity index (χ1v) is 9.31. The molecule has 1 saturated heterocycles. The average molecular weight is 384 g/mol. The van der Waals surface area contributed by atoms with Gasteiger partial charge in [0.05, 0.1) is 16.2 Å². The maximum Gasteiger partial charge on any atom is 0.158 e. The van der Waals surface area contributed by atoms with Crippen LogP contribution in [0.2, 0.25) is 10.0 Å². The topological polar surface area (TPSA) is 67.1 Å². The van der Waals surface area contributed by atoms with Gasteiger partial charge in [-0.3, -0.25) is 0 Å². The zero-order valence-corrected chi connectivity index (χ0v) is 15.6. The van der Waals surface area contributed by atoms with Crippen LogP contribution in [0.3, 0.4) is 0 Å². The Labute approximate surface area is 155 Å². The number of rotatable bonds is 4. The first kappa shape index (κ1) is 17.6. The predicted molar refractivity (Wildman–Crippen MR) is 101 cm³/mol. The molecule has 1 aromatic carbocycles. The van der Waals surface area contributed by atoms with Gasteiger partial charge in [0, 0.05) is 24.5 Å². The van der Waals surface area contributed by atoms with Gasteiger partial charge in [-0.05, 0) is 31.5 Å². The molecular weight excluding hydrogens is 365 g/mol. The highest BCUT2D eigenvalue weighted by Gasteiger charge is 2.20. The minimum absolute atomic E-state index is 0.393. The first-order chi connectivity index (χ1) is 11.6. The van der Waals surface area contributed by atoms with Crippen LogP contribution in [-0.2, 0) is 0 Å². The number of hydrogen-bond donors (Lipinski definition) is 2. The van der Waals surface area contributed by atoms with E-state index in [1.54, 1.807) is 12.3 Å². The summed E-state index contributed by atoms with van der Waals surface area (Å²) in [5.41, 5.74) is 6.11. The van der Waals surface area contributed by atoms with Gasteiger partial charge in [0.25, 0.3) is 0 Å². The molecule has 0 radical (unpaired) electrons. The van der Waals surface area contributed by atoms with E-state index in [1.165, 1.54) is 18.2 Å². The first-order valence-electron chi connectivity index (χ1n) is 7.74. The fraction of sp³-hybridized carbons (Fsp3) is 0.375. The molecule has 3 rings (SSSR count). The molecule has 1 aliphatic heterocycles. The predicted octanol–water partition coefficient (Wildman–Crippen LogP) is 3.71. The van der Waals surface area contributed by atoms with Crippen LogP contribution in [0.15, 0.2) is 34.3 Å². The lowest BCUT2D eigenvalue weighted by Crippen LogP contribution is -2.44. The lowest BCUT2D eigenvalue weighted by molar-refractivity contribution is 0.443.